The number of hydrogen-bond donors (Lipinski definition) is 0. The second-order valence-corrected chi connectivity index (χ2v) is 1.90. The predicted octanol–water partition coefficient (Wildman–Crippen LogP) is 1.55. The van der Waals surface area contributed by atoms with Gasteiger partial charge < -0.3 is 4.74 Å². The first-order valence-corrected chi connectivity index (χ1v) is 2.61. The molecule has 5 heteroatoms. The number of halogens is 3. The molecule has 0 fully saturated rings. The smallest absolute Gasteiger partial charge is 0.420 e. The summed E-state index contributed by atoms with van der Waals surface area (Å²) in [6, 6.07) is 0. The molecule has 0 saturated heterocycles. The molecule has 0 aliphatic carbocycles. The molecule has 1 aliphatic rings. The zero-order valence-corrected chi connectivity index (χ0v) is 5.23. The highest BCUT2D eigenvalue weighted by atomic mass is 19.4. The topological polar surface area (TPSA) is 26.3 Å². The van der Waals surface area contributed by atoms with Gasteiger partial charge in [0.2, 0.25) is 0 Å². The molecule has 2 nitrogen and oxygen atoms in total. The van der Waals surface area contributed by atoms with Crippen LogP contribution in [0.5, 0.6) is 0 Å². The Morgan fingerprint density at radius 2 is 2.00 bits per heavy atom. The third kappa shape index (κ3) is 1.42. The van der Waals surface area contributed by atoms with Gasteiger partial charge in [-0.1, -0.05) is 6.58 Å². The van der Waals surface area contributed by atoms with Crippen LogP contribution in [0.2, 0.25) is 0 Å². The van der Waals surface area contributed by atoms with Crippen LogP contribution in [0.15, 0.2) is 24.0 Å². The van der Waals surface area contributed by atoms with Crippen molar-refractivity contribution in [3.05, 3.63) is 24.0 Å². The summed E-state index contributed by atoms with van der Waals surface area (Å²) in [4.78, 5) is 10.3. The molecule has 11 heavy (non-hydrogen) atoms. The average Bonchev–Trinajstić information content (AvgIpc) is 2.08. The van der Waals surface area contributed by atoms with Crippen LogP contribution in [0.3, 0.4) is 0 Å². The molecule has 0 spiro atoms. The molecule has 60 valence electrons. The van der Waals surface area contributed by atoms with Crippen molar-refractivity contribution >= 4 is 5.97 Å². The summed E-state index contributed by atoms with van der Waals surface area (Å²) in [5, 5.41) is 0. The number of esters is 1. The van der Waals surface area contributed by atoms with Crippen LogP contribution < -0.4 is 0 Å². The van der Waals surface area contributed by atoms with E-state index in [1.807, 2.05) is 0 Å². The number of allylic oxidation sites excluding steroid dienone is 1. The van der Waals surface area contributed by atoms with Gasteiger partial charge >= 0.3 is 12.1 Å². The zero-order valence-electron chi connectivity index (χ0n) is 5.23. The molecule has 0 unspecified atom stereocenters. The van der Waals surface area contributed by atoms with Crippen LogP contribution in [-0.4, -0.2) is 12.1 Å². The second-order valence-electron chi connectivity index (χ2n) is 1.90. The van der Waals surface area contributed by atoms with Gasteiger partial charge in [-0.15, -0.1) is 0 Å². The van der Waals surface area contributed by atoms with Crippen molar-refractivity contribution in [2.75, 3.05) is 0 Å². The van der Waals surface area contributed by atoms with E-state index in [-0.39, 0.29) is 0 Å². The Labute approximate surface area is 60.0 Å². The van der Waals surface area contributed by atoms with E-state index < -0.39 is 23.5 Å². The van der Waals surface area contributed by atoms with E-state index in [1.54, 1.807) is 0 Å². The molecule has 1 rings (SSSR count). The molecule has 0 atom stereocenters. The maximum atomic E-state index is 11.8. The van der Waals surface area contributed by atoms with E-state index in [0.29, 0.717) is 6.08 Å². The Kier molecular flexibility index (Phi) is 1.51. The molecular formula is C6H3F3O2. The standard InChI is InChI=1S/C6H3F3O2/c1-3-4(6(7,8)9)2-5(10)11-3/h2H,1H2. The lowest BCUT2D eigenvalue weighted by Crippen LogP contribution is -2.11. The Morgan fingerprint density at radius 1 is 1.45 bits per heavy atom. The van der Waals surface area contributed by atoms with Crippen molar-refractivity contribution in [1.29, 1.82) is 0 Å². The van der Waals surface area contributed by atoms with Crippen molar-refractivity contribution in [2.45, 2.75) is 6.18 Å². The Balaban J connectivity index is 2.97. The molecule has 0 radical (unpaired) electrons. The third-order valence-electron chi connectivity index (χ3n) is 1.09. The van der Waals surface area contributed by atoms with Crippen molar-refractivity contribution in [3.8, 4) is 0 Å². The first-order valence-electron chi connectivity index (χ1n) is 2.61. The quantitative estimate of drug-likeness (QED) is 0.507. The van der Waals surface area contributed by atoms with Crippen molar-refractivity contribution in [3.63, 3.8) is 0 Å². The Bertz CT molecular complexity index is 249. The highest BCUT2D eigenvalue weighted by molar-refractivity contribution is 5.88. The number of carbonyl (C=O) groups excluding carboxylic acids is 1. The Hall–Kier alpha value is -1.26. The van der Waals surface area contributed by atoms with Gasteiger partial charge in [0.05, 0.1) is 0 Å². The maximum absolute atomic E-state index is 11.8. The maximum Gasteiger partial charge on any atom is 0.420 e. The van der Waals surface area contributed by atoms with Crippen LogP contribution in [0.4, 0.5) is 13.2 Å². The van der Waals surface area contributed by atoms with Gasteiger partial charge in [-0.05, 0) is 0 Å². The van der Waals surface area contributed by atoms with Gasteiger partial charge in [0.1, 0.15) is 11.3 Å². The molecule has 1 aliphatic heterocycles. The van der Waals surface area contributed by atoms with Gasteiger partial charge in [0, 0.05) is 6.08 Å². The van der Waals surface area contributed by atoms with Gasteiger partial charge in [0.15, 0.2) is 0 Å². The fourth-order valence-electron chi connectivity index (χ4n) is 0.644. The third-order valence-corrected chi connectivity index (χ3v) is 1.09. The number of rotatable bonds is 0. The van der Waals surface area contributed by atoms with Crippen LogP contribution in [0.1, 0.15) is 0 Å². The predicted molar refractivity (Wildman–Crippen MR) is 29.4 cm³/mol. The lowest BCUT2D eigenvalue weighted by molar-refractivity contribution is -0.132. The summed E-state index contributed by atoms with van der Waals surface area (Å²) < 4.78 is 39.5. The SMILES string of the molecule is C=C1OC(=O)C=C1C(F)(F)F. The molecule has 0 aromatic carbocycles. The normalized spacial score (nSPS) is 18.3. The van der Waals surface area contributed by atoms with E-state index in [1.165, 1.54) is 0 Å². The molecular weight excluding hydrogens is 161 g/mol. The summed E-state index contributed by atoms with van der Waals surface area (Å²) in [7, 11) is 0. The molecule has 0 aromatic rings. The van der Waals surface area contributed by atoms with Gasteiger partial charge in [-0.25, -0.2) is 4.79 Å². The zero-order chi connectivity index (χ0) is 8.65. The molecule has 0 N–H and O–H groups in total. The molecule has 1 heterocycles. The first-order chi connectivity index (χ1) is 4.91. The second kappa shape index (κ2) is 2.11. The highest BCUT2D eigenvalue weighted by Gasteiger charge is 2.40. The number of hydrogen-bond acceptors (Lipinski definition) is 2. The largest absolute Gasteiger partial charge is 0.423 e. The van der Waals surface area contributed by atoms with Crippen LogP contribution in [0.25, 0.3) is 0 Å². The molecule has 0 saturated carbocycles. The fourth-order valence-corrected chi connectivity index (χ4v) is 0.644. The van der Waals surface area contributed by atoms with Gasteiger partial charge in [-0.2, -0.15) is 13.2 Å². The van der Waals surface area contributed by atoms with Crippen molar-refractivity contribution in [1.82, 2.24) is 0 Å². The van der Waals surface area contributed by atoms with Crippen molar-refractivity contribution in [2.24, 2.45) is 0 Å². The van der Waals surface area contributed by atoms with E-state index in [2.05, 4.69) is 11.3 Å². The van der Waals surface area contributed by atoms with E-state index in [4.69, 9.17) is 0 Å². The molecule has 0 amide bonds. The van der Waals surface area contributed by atoms with Gasteiger partial charge in [0.25, 0.3) is 0 Å². The van der Waals surface area contributed by atoms with E-state index >= 15 is 0 Å². The number of ether oxygens (including phenoxy) is 1. The van der Waals surface area contributed by atoms with Gasteiger partial charge in [-0.3, -0.25) is 0 Å². The lowest BCUT2D eigenvalue weighted by atomic mass is 10.2. The lowest BCUT2D eigenvalue weighted by Gasteiger charge is -2.05. The van der Waals surface area contributed by atoms with Crippen molar-refractivity contribution < 1.29 is 22.7 Å². The minimum Gasteiger partial charge on any atom is -0.423 e. The monoisotopic (exact) mass is 164 g/mol. The minimum atomic E-state index is -4.55. The summed E-state index contributed by atoms with van der Waals surface area (Å²) >= 11 is 0. The van der Waals surface area contributed by atoms with E-state index in [0.717, 1.165) is 0 Å². The fraction of sp³-hybridized carbons (Fsp3) is 0.167. The summed E-state index contributed by atoms with van der Waals surface area (Å²) in [5.74, 6) is -1.66. The summed E-state index contributed by atoms with van der Waals surface area (Å²) in [6.07, 6.45) is -4.18. The molecule has 0 bridgehead atoms. The van der Waals surface area contributed by atoms with Crippen LogP contribution in [-0.2, 0) is 9.53 Å². The number of alkyl halides is 3. The van der Waals surface area contributed by atoms with Crippen LogP contribution in [0, 0.1) is 0 Å². The number of carbonyl (C=O) groups is 1. The minimum absolute atomic E-state index is 0.377. The van der Waals surface area contributed by atoms with E-state index in [9.17, 15) is 18.0 Å². The highest BCUT2D eigenvalue weighted by Crippen LogP contribution is 2.34. The Morgan fingerprint density at radius 3 is 2.18 bits per heavy atom. The molecule has 0 aromatic heterocycles. The number of cyclic esters (lactones) is 1. The first kappa shape index (κ1) is 7.84. The van der Waals surface area contributed by atoms with Crippen LogP contribution >= 0.6 is 0 Å². The average molecular weight is 164 g/mol. The summed E-state index contributed by atoms with van der Waals surface area (Å²) in [5.41, 5.74) is -1.11. The summed E-state index contributed by atoms with van der Waals surface area (Å²) in [6.45, 7) is 2.92.